The summed E-state index contributed by atoms with van der Waals surface area (Å²) >= 11 is 3.66. The predicted octanol–water partition coefficient (Wildman–Crippen LogP) is 5.37. The summed E-state index contributed by atoms with van der Waals surface area (Å²) in [5.74, 6) is 0.692. The van der Waals surface area contributed by atoms with Gasteiger partial charge in [0.15, 0.2) is 0 Å². The van der Waals surface area contributed by atoms with Crippen LogP contribution < -0.4 is 5.32 Å². The van der Waals surface area contributed by atoms with Gasteiger partial charge in [-0.15, -0.1) is 0 Å². The Hall–Kier alpha value is -1.28. The summed E-state index contributed by atoms with van der Waals surface area (Å²) in [5, 5.41) is 3.66. The molecule has 0 spiro atoms. The summed E-state index contributed by atoms with van der Waals surface area (Å²) < 4.78 is 1.25. The minimum absolute atomic E-state index is 0.610. The van der Waals surface area contributed by atoms with E-state index in [9.17, 15) is 0 Å². The average Bonchev–Trinajstić information content (AvgIpc) is 2.44. The third-order valence-electron chi connectivity index (χ3n) is 4.19. The van der Waals surface area contributed by atoms with E-state index in [0.717, 1.165) is 6.42 Å². The van der Waals surface area contributed by atoms with Gasteiger partial charge in [0.05, 0.1) is 0 Å². The van der Waals surface area contributed by atoms with Crippen LogP contribution in [-0.2, 0) is 6.42 Å². The van der Waals surface area contributed by atoms with Gasteiger partial charge in [-0.25, -0.2) is 0 Å². The minimum atomic E-state index is 0.610. The Morgan fingerprint density at radius 3 is 2.65 bits per heavy atom. The molecule has 1 fully saturated rings. The largest absolute Gasteiger partial charge is 0.382 e. The number of halogens is 1. The van der Waals surface area contributed by atoms with Crippen molar-refractivity contribution in [2.24, 2.45) is 0 Å². The Bertz CT molecular complexity index is 587. The maximum Gasteiger partial charge on any atom is 0.0345 e. The van der Waals surface area contributed by atoms with Crippen molar-refractivity contribution in [1.29, 1.82) is 0 Å². The quantitative estimate of drug-likeness (QED) is 0.795. The first-order chi connectivity index (χ1) is 9.76. The second-order valence-corrected chi connectivity index (χ2v) is 6.44. The molecular weight excluding hydrogens is 310 g/mol. The molecule has 104 valence electrons. The molecule has 0 aliphatic heterocycles. The van der Waals surface area contributed by atoms with Crippen molar-refractivity contribution in [2.75, 3.05) is 5.32 Å². The SMILES string of the molecule is CCc1cccc(NC2CC(c3ccccc3Br)C2)c1. The molecule has 0 aromatic heterocycles. The van der Waals surface area contributed by atoms with Crippen LogP contribution in [0.1, 0.15) is 36.8 Å². The van der Waals surface area contributed by atoms with Crippen LogP contribution in [0.3, 0.4) is 0 Å². The lowest BCUT2D eigenvalue weighted by atomic mass is 9.76. The molecule has 20 heavy (non-hydrogen) atoms. The first-order valence-corrected chi connectivity index (χ1v) is 8.15. The Balaban J connectivity index is 1.59. The van der Waals surface area contributed by atoms with E-state index in [-0.39, 0.29) is 0 Å². The zero-order valence-electron chi connectivity index (χ0n) is 11.8. The van der Waals surface area contributed by atoms with Crippen molar-refractivity contribution in [3.8, 4) is 0 Å². The fraction of sp³-hybridized carbons (Fsp3) is 0.333. The van der Waals surface area contributed by atoms with Gasteiger partial charge in [0.25, 0.3) is 0 Å². The van der Waals surface area contributed by atoms with Crippen LogP contribution >= 0.6 is 15.9 Å². The Morgan fingerprint density at radius 1 is 1.10 bits per heavy atom. The van der Waals surface area contributed by atoms with Gasteiger partial charge in [0.2, 0.25) is 0 Å². The van der Waals surface area contributed by atoms with Crippen LogP contribution in [0.2, 0.25) is 0 Å². The molecule has 0 saturated heterocycles. The van der Waals surface area contributed by atoms with Gasteiger partial charge in [-0.1, -0.05) is 53.2 Å². The van der Waals surface area contributed by atoms with E-state index >= 15 is 0 Å². The standard InChI is InChI=1S/C18H20BrN/c1-2-13-6-5-7-15(10-13)20-16-11-14(12-16)17-8-3-4-9-18(17)19/h3-10,14,16,20H,2,11-12H2,1H3. The zero-order valence-corrected chi connectivity index (χ0v) is 13.4. The highest BCUT2D eigenvalue weighted by Gasteiger charge is 2.31. The van der Waals surface area contributed by atoms with E-state index in [4.69, 9.17) is 0 Å². The number of nitrogens with one attached hydrogen (secondary N) is 1. The molecule has 1 aliphatic rings. The van der Waals surface area contributed by atoms with Crippen molar-refractivity contribution < 1.29 is 0 Å². The fourth-order valence-electron chi connectivity index (χ4n) is 2.91. The molecule has 0 bridgehead atoms. The summed E-state index contributed by atoms with van der Waals surface area (Å²) in [4.78, 5) is 0. The minimum Gasteiger partial charge on any atom is -0.382 e. The van der Waals surface area contributed by atoms with Gasteiger partial charge in [0, 0.05) is 16.2 Å². The van der Waals surface area contributed by atoms with Gasteiger partial charge in [-0.2, -0.15) is 0 Å². The van der Waals surface area contributed by atoms with E-state index < -0.39 is 0 Å². The van der Waals surface area contributed by atoms with Gasteiger partial charge in [-0.3, -0.25) is 0 Å². The molecule has 0 heterocycles. The van der Waals surface area contributed by atoms with Crippen LogP contribution in [0.15, 0.2) is 53.0 Å². The first-order valence-electron chi connectivity index (χ1n) is 7.36. The van der Waals surface area contributed by atoms with Crippen LogP contribution in [0.25, 0.3) is 0 Å². The number of anilines is 1. The molecule has 3 rings (SSSR count). The number of hydrogen-bond donors (Lipinski definition) is 1. The van der Waals surface area contributed by atoms with E-state index in [0.29, 0.717) is 12.0 Å². The second-order valence-electron chi connectivity index (χ2n) is 5.59. The lowest BCUT2D eigenvalue weighted by Gasteiger charge is -2.37. The Kier molecular flexibility index (Phi) is 4.11. The summed E-state index contributed by atoms with van der Waals surface area (Å²) in [5.41, 5.74) is 4.12. The molecule has 1 saturated carbocycles. The van der Waals surface area contributed by atoms with Crippen molar-refractivity contribution in [3.63, 3.8) is 0 Å². The lowest BCUT2D eigenvalue weighted by Crippen LogP contribution is -2.34. The molecular formula is C18H20BrN. The third-order valence-corrected chi connectivity index (χ3v) is 4.91. The number of hydrogen-bond acceptors (Lipinski definition) is 1. The number of benzene rings is 2. The fourth-order valence-corrected chi connectivity index (χ4v) is 3.52. The average molecular weight is 330 g/mol. The zero-order chi connectivity index (χ0) is 13.9. The van der Waals surface area contributed by atoms with Crippen LogP contribution in [0.5, 0.6) is 0 Å². The maximum absolute atomic E-state index is 3.66. The summed E-state index contributed by atoms with van der Waals surface area (Å²) in [7, 11) is 0. The summed E-state index contributed by atoms with van der Waals surface area (Å²) in [6.07, 6.45) is 3.54. The molecule has 1 N–H and O–H groups in total. The normalized spacial score (nSPS) is 21.3. The van der Waals surface area contributed by atoms with E-state index in [1.807, 2.05) is 0 Å². The van der Waals surface area contributed by atoms with E-state index in [2.05, 4.69) is 76.7 Å². The molecule has 2 heteroatoms. The first kappa shape index (κ1) is 13.7. The molecule has 1 aliphatic carbocycles. The summed E-state index contributed by atoms with van der Waals surface area (Å²) in [6.45, 7) is 2.20. The highest BCUT2D eigenvalue weighted by atomic mass is 79.9. The highest BCUT2D eigenvalue weighted by Crippen LogP contribution is 2.41. The van der Waals surface area contributed by atoms with Gasteiger partial charge in [0.1, 0.15) is 0 Å². The van der Waals surface area contributed by atoms with Crippen LogP contribution in [0, 0.1) is 0 Å². The van der Waals surface area contributed by atoms with Crippen molar-refractivity contribution in [2.45, 2.75) is 38.1 Å². The molecule has 1 nitrogen and oxygen atoms in total. The van der Waals surface area contributed by atoms with Crippen LogP contribution in [0.4, 0.5) is 5.69 Å². The molecule has 0 unspecified atom stereocenters. The predicted molar refractivity (Wildman–Crippen MR) is 89.3 cm³/mol. The number of rotatable bonds is 4. The van der Waals surface area contributed by atoms with E-state index in [1.165, 1.54) is 34.1 Å². The van der Waals surface area contributed by atoms with Gasteiger partial charge >= 0.3 is 0 Å². The van der Waals surface area contributed by atoms with Gasteiger partial charge in [-0.05, 0) is 54.5 Å². The molecule has 0 atom stereocenters. The summed E-state index contributed by atoms with van der Waals surface area (Å²) in [6, 6.07) is 18.0. The van der Waals surface area contributed by atoms with Crippen molar-refractivity contribution in [3.05, 3.63) is 64.1 Å². The maximum atomic E-state index is 3.66. The highest BCUT2D eigenvalue weighted by molar-refractivity contribution is 9.10. The van der Waals surface area contributed by atoms with Crippen molar-refractivity contribution in [1.82, 2.24) is 0 Å². The van der Waals surface area contributed by atoms with Crippen molar-refractivity contribution >= 4 is 21.6 Å². The van der Waals surface area contributed by atoms with E-state index in [1.54, 1.807) is 0 Å². The second kappa shape index (κ2) is 6.01. The monoisotopic (exact) mass is 329 g/mol. The molecule has 2 aromatic carbocycles. The smallest absolute Gasteiger partial charge is 0.0345 e. The van der Waals surface area contributed by atoms with Gasteiger partial charge < -0.3 is 5.32 Å². The molecule has 2 aromatic rings. The molecule has 0 radical (unpaired) electrons. The lowest BCUT2D eigenvalue weighted by molar-refractivity contribution is 0.373. The Labute approximate surface area is 129 Å². The topological polar surface area (TPSA) is 12.0 Å². The number of aryl methyl sites for hydroxylation is 1. The Morgan fingerprint density at radius 2 is 1.90 bits per heavy atom. The third kappa shape index (κ3) is 2.90. The molecule has 0 amide bonds. The van der Waals surface area contributed by atoms with Crippen LogP contribution in [-0.4, -0.2) is 6.04 Å².